The molecule has 1 aliphatic heterocycles. The summed E-state index contributed by atoms with van der Waals surface area (Å²) in [5, 5.41) is 3.31. The normalized spacial score (nSPS) is 19.5. The van der Waals surface area contributed by atoms with Gasteiger partial charge < -0.3 is 10.2 Å². The standard InChI is InChI=1S/C16H24N2O/c1-16(2,3)14-8-6-5-7-13(14)15(19)18(4)12-9-10-17-11-12/h5-8,12,17H,9-11H2,1-4H3. The monoisotopic (exact) mass is 260 g/mol. The third-order valence-electron chi connectivity index (χ3n) is 3.87. The fourth-order valence-electron chi connectivity index (χ4n) is 2.65. The van der Waals surface area contributed by atoms with Gasteiger partial charge in [-0.3, -0.25) is 4.79 Å². The van der Waals surface area contributed by atoms with Crippen LogP contribution in [-0.4, -0.2) is 37.0 Å². The maximum Gasteiger partial charge on any atom is 0.254 e. The lowest BCUT2D eigenvalue weighted by Crippen LogP contribution is -2.39. The second-order valence-electron chi connectivity index (χ2n) is 6.36. The van der Waals surface area contributed by atoms with Gasteiger partial charge in [-0.25, -0.2) is 0 Å². The van der Waals surface area contributed by atoms with Gasteiger partial charge in [0.25, 0.3) is 5.91 Å². The number of carbonyl (C=O) groups is 1. The van der Waals surface area contributed by atoms with Gasteiger partial charge in [-0.1, -0.05) is 39.0 Å². The zero-order valence-electron chi connectivity index (χ0n) is 12.4. The first-order valence-electron chi connectivity index (χ1n) is 6.98. The zero-order valence-corrected chi connectivity index (χ0v) is 12.4. The van der Waals surface area contributed by atoms with E-state index in [2.05, 4.69) is 32.2 Å². The van der Waals surface area contributed by atoms with E-state index >= 15 is 0 Å². The first kappa shape index (κ1) is 14.1. The van der Waals surface area contributed by atoms with Gasteiger partial charge in [0.05, 0.1) is 0 Å². The number of nitrogens with one attached hydrogen (secondary N) is 1. The van der Waals surface area contributed by atoms with Crippen LogP contribution in [0.3, 0.4) is 0 Å². The number of benzene rings is 1. The zero-order chi connectivity index (χ0) is 14.0. The molecule has 0 aromatic heterocycles. The third-order valence-corrected chi connectivity index (χ3v) is 3.87. The first-order chi connectivity index (χ1) is 8.91. The van der Waals surface area contributed by atoms with Crippen molar-refractivity contribution in [3.63, 3.8) is 0 Å². The quantitative estimate of drug-likeness (QED) is 0.885. The molecule has 1 atom stereocenters. The Bertz CT molecular complexity index is 456. The van der Waals surface area contributed by atoms with Crippen LogP contribution < -0.4 is 5.32 Å². The molecule has 0 bridgehead atoms. The van der Waals surface area contributed by atoms with Crippen molar-refractivity contribution in [2.45, 2.75) is 38.6 Å². The summed E-state index contributed by atoms with van der Waals surface area (Å²) in [5.74, 6) is 0.138. The predicted molar refractivity (Wildman–Crippen MR) is 78.5 cm³/mol. The molecular formula is C16H24N2O. The van der Waals surface area contributed by atoms with E-state index in [0.29, 0.717) is 6.04 Å². The number of rotatable bonds is 2. The molecule has 1 saturated heterocycles. The Labute approximate surface area is 116 Å². The van der Waals surface area contributed by atoms with Gasteiger partial charge in [0.1, 0.15) is 0 Å². The highest BCUT2D eigenvalue weighted by molar-refractivity contribution is 5.96. The Kier molecular flexibility index (Phi) is 3.95. The number of amides is 1. The number of carbonyl (C=O) groups excluding carboxylic acids is 1. The fourth-order valence-corrected chi connectivity index (χ4v) is 2.65. The van der Waals surface area contributed by atoms with Gasteiger partial charge in [-0.05, 0) is 30.0 Å². The lowest BCUT2D eigenvalue weighted by atomic mass is 9.83. The molecule has 1 heterocycles. The Hall–Kier alpha value is -1.35. The van der Waals surface area contributed by atoms with Crippen molar-refractivity contribution in [2.24, 2.45) is 0 Å². The van der Waals surface area contributed by atoms with Crippen molar-refractivity contribution in [1.29, 1.82) is 0 Å². The van der Waals surface area contributed by atoms with Crippen LogP contribution in [0.4, 0.5) is 0 Å². The summed E-state index contributed by atoms with van der Waals surface area (Å²) in [7, 11) is 1.92. The van der Waals surface area contributed by atoms with E-state index < -0.39 is 0 Å². The average molecular weight is 260 g/mol. The summed E-state index contributed by atoms with van der Waals surface area (Å²) in [6.45, 7) is 8.35. The Morgan fingerprint density at radius 3 is 2.58 bits per heavy atom. The van der Waals surface area contributed by atoms with Crippen LogP contribution in [-0.2, 0) is 5.41 Å². The molecule has 0 spiro atoms. The highest BCUT2D eigenvalue weighted by Gasteiger charge is 2.27. The summed E-state index contributed by atoms with van der Waals surface area (Å²) in [5.41, 5.74) is 1.95. The van der Waals surface area contributed by atoms with Gasteiger partial charge >= 0.3 is 0 Å². The lowest BCUT2D eigenvalue weighted by Gasteiger charge is -2.28. The summed E-state index contributed by atoms with van der Waals surface area (Å²) < 4.78 is 0. The van der Waals surface area contributed by atoms with Gasteiger partial charge in [-0.2, -0.15) is 0 Å². The second kappa shape index (κ2) is 5.33. The van der Waals surface area contributed by atoms with Crippen LogP contribution >= 0.6 is 0 Å². The molecule has 1 aliphatic rings. The van der Waals surface area contributed by atoms with Gasteiger partial charge in [0, 0.05) is 25.2 Å². The molecule has 1 aromatic carbocycles. The van der Waals surface area contributed by atoms with Crippen LogP contribution in [0.25, 0.3) is 0 Å². The minimum atomic E-state index is -0.0129. The van der Waals surface area contributed by atoms with E-state index in [1.54, 1.807) is 0 Å². The summed E-state index contributed by atoms with van der Waals surface area (Å²) in [6.07, 6.45) is 1.04. The van der Waals surface area contributed by atoms with E-state index in [4.69, 9.17) is 0 Å². The van der Waals surface area contributed by atoms with Crippen LogP contribution in [0, 0.1) is 0 Å². The van der Waals surface area contributed by atoms with Crippen molar-refractivity contribution in [1.82, 2.24) is 10.2 Å². The molecular weight excluding hydrogens is 236 g/mol. The van der Waals surface area contributed by atoms with Crippen LogP contribution in [0.5, 0.6) is 0 Å². The lowest BCUT2D eigenvalue weighted by molar-refractivity contribution is 0.0741. The second-order valence-corrected chi connectivity index (χ2v) is 6.36. The summed E-state index contributed by atoms with van der Waals surface area (Å²) >= 11 is 0. The molecule has 1 unspecified atom stereocenters. The molecule has 19 heavy (non-hydrogen) atoms. The molecule has 1 aromatic rings. The van der Waals surface area contributed by atoms with E-state index in [1.807, 2.05) is 30.1 Å². The van der Waals surface area contributed by atoms with E-state index in [1.165, 1.54) is 0 Å². The molecule has 1 fully saturated rings. The SMILES string of the molecule is CN(C(=O)c1ccccc1C(C)(C)C)C1CCNC1. The van der Waals surface area contributed by atoms with Crippen LogP contribution in [0.1, 0.15) is 43.1 Å². The summed E-state index contributed by atoms with van der Waals surface area (Å²) in [4.78, 5) is 14.6. The molecule has 2 rings (SSSR count). The van der Waals surface area contributed by atoms with Crippen molar-refractivity contribution in [3.05, 3.63) is 35.4 Å². The fraction of sp³-hybridized carbons (Fsp3) is 0.562. The van der Waals surface area contributed by atoms with E-state index in [9.17, 15) is 4.79 Å². The highest BCUT2D eigenvalue weighted by Crippen LogP contribution is 2.27. The van der Waals surface area contributed by atoms with Crippen molar-refractivity contribution < 1.29 is 4.79 Å². The average Bonchev–Trinajstić information content (AvgIpc) is 2.90. The van der Waals surface area contributed by atoms with Gasteiger partial charge in [0.15, 0.2) is 0 Å². The highest BCUT2D eigenvalue weighted by atomic mass is 16.2. The number of hydrogen-bond donors (Lipinski definition) is 1. The van der Waals surface area contributed by atoms with Gasteiger partial charge in [-0.15, -0.1) is 0 Å². The Morgan fingerprint density at radius 2 is 2.00 bits per heavy atom. The minimum Gasteiger partial charge on any atom is -0.337 e. The van der Waals surface area contributed by atoms with E-state index in [-0.39, 0.29) is 11.3 Å². The Morgan fingerprint density at radius 1 is 1.32 bits per heavy atom. The predicted octanol–water partition coefficient (Wildman–Crippen LogP) is 2.42. The van der Waals surface area contributed by atoms with Crippen molar-refractivity contribution in [2.75, 3.05) is 20.1 Å². The molecule has 104 valence electrons. The van der Waals surface area contributed by atoms with Crippen molar-refractivity contribution in [3.8, 4) is 0 Å². The molecule has 1 amide bonds. The van der Waals surface area contributed by atoms with Crippen LogP contribution in [0.15, 0.2) is 24.3 Å². The molecule has 3 nitrogen and oxygen atoms in total. The Balaban J connectivity index is 2.28. The van der Waals surface area contributed by atoms with Crippen LogP contribution in [0.2, 0.25) is 0 Å². The smallest absolute Gasteiger partial charge is 0.254 e. The summed E-state index contributed by atoms with van der Waals surface area (Å²) in [6, 6.07) is 8.29. The molecule has 0 radical (unpaired) electrons. The van der Waals surface area contributed by atoms with E-state index in [0.717, 1.165) is 30.6 Å². The topological polar surface area (TPSA) is 32.3 Å². The first-order valence-corrected chi connectivity index (χ1v) is 6.98. The third kappa shape index (κ3) is 2.98. The largest absolute Gasteiger partial charge is 0.337 e. The number of nitrogens with zero attached hydrogens (tertiary/aromatic N) is 1. The molecule has 0 saturated carbocycles. The maximum atomic E-state index is 12.7. The number of likely N-dealkylation sites (N-methyl/N-ethyl adjacent to an activating group) is 1. The molecule has 0 aliphatic carbocycles. The molecule has 1 N–H and O–H groups in total. The van der Waals surface area contributed by atoms with Crippen molar-refractivity contribution >= 4 is 5.91 Å². The molecule has 3 heteroatoms. The minimum absolute atomic E-state index is 0.0129. The number of hydrogen-bond acceptors (Lipinski definition) is 2. The maximum absolute atomic E-state index is 12.7. The van der Waals surface area contributed by atoms with Gasteiger partial charge in [0.2, 0.25) is 0 Å².